The second kappa shape index (κ2) is 6.09. The molecule has 1 unspecified atom stereocenters. The SMILES string of the molecule is O=C(O)c1ccc2c(c1)CCC(Cn1ccnc1)C2.[Cl-].[H+]. The molecule has 0 radical (unpaired) electrons. The summed E-state index contributed by atoms with van der Waals surface area (Å²) in [6, 6.07) is 5.50. The van der Waals surface area contributed by atoms with Crippen LogP contribution in [0.5, 0.6) is 0 Å². The number of aryl methyl sites for hydroxylation is 1. The van der Waals surface area contributed by atoms with Crippen LogP contribution in [0.4, 0.5) is 0 Å². The quantitative estimate of drug-likeness (QED) is 0.830. The first kappa shape index (κ1) is 14.6. The molecule has 1 aromatic carbocycles. The Morgan fingerprint density at radius 3 is 3.00 bits per heavy atom. The average molecular weight is 293 g/mol. The van der Waals surface area contributed by atoms with E-state index in [9.17, 15) is 4.79 Å². The summed E-state index contributed by atoms with van der Waals surface area (Å²) in [7, 11) is 0. The van der Waals surface area contributed by atoms with E-state index in [1.54, 1.807) is 12.3 Å². The lowest BCUT2D eigenvalue weighted by Crippen LogP contribution is -3.00. The highest BCUT2D eigenvalue weighted by Crippen LogP contribution is 2.27. The van der Waals surface area contributed by atoms with Crippen LogP contribution in [0.3, 0.4) is 0 Å². The molecule has 1 heterocycles. The number of fused-ring (bicyclic) bond motifs is 1. The largest absolute Gasteiger partial charge is 1.00 e. The second-order valence-corrected chi connectivity index (χ2v) is 5.16. The molecular weight excluding hydrogens is 276 g/mol. The Bertz CT molecular complexity index is 602. The van der Waals surface area contributed by atoms with Crippen LogP contribution in [-0.4, -0.2) is 20.6 Å². The van der Waals surface area contributed by atoms with E-state index < -0.39 is 5.97 Å². The highest BCUT2D eigenvalue weighted by Gasteiger charge is 2.20. The fourth-order valence-corrected chi connectivity index (χ4v) is 2.81. The summed E-state index contributed by atoms with van der Waals surface area (Å²) in [6.45, 7) is 0.986. The molecule has 0 aliphatic heterocycles. The molecule has 106 valence electrons. The van der Waals surface area contributed by atoms with Crippen molar-refractivity contribution in [3.05, 3.63) is 53.6 Å². The predicted octanol–water partition coefficient (Wildman–Crippen LogP) is -0.497. The highest BCUT2D eigenvalue weighted by atomic mass is 35.5. The van der Waals surface area contributed by atoms with Crippen LogP contribution in [0, 0.1) is 5.92 Å². The molecule has 1 aliphatic carbocycles. The summed E-state index contributed by atoms with van der Waals surface area (Å²) < 4.78 is 2.11. The van der Waals surface area contributed by atoms with Crippen molar-refractivity contribution >= 4 is 5.97 Å². The lowest BCUT2D eigenvalue weighted by Gasteiger charge is -2.25. The molecule has 4 nitrogen and oxygen atoms in total. The molecule has 1 atom stereocenters. The zero-order chi connectivity index (χ0) is 13.2. The third-order valence-corrected chi connectivity index (χ3v) is 3.81. The van der Waals surface area contributed by atoms with Crippen molar-refractivity contribution in [1.82, 2.24) is 9.55 Å². The van der Waals surface area contributed by atoms with Gasteiger partial charge in [-0.05, 0) is 48.4 Å². The number of hydrogen-bond acceptors (Lipinski definition) is 2. The van der Waals surface area contributed by atoms with Gasteiger partial charge in [-0.3, -0.25) is 0 Å². The van der Waals surface area contributed by atoms with Gasteiger partial charge in [0, 0.05) is 18.9 Å². The maximum atomic E-state index is 11.0. The number of aromatic nitrogens is 2. The van der Waals surface area contributed by atoms with E-state index in [2.05, 4.69) is 9.55 Å². The molecule has 1 N–H and O–H groups in total. The van der Waals surface area contributed by atoms with Crippen molar-refractivity contribution in [1.29, 1.82) is 0 Å². The minimum atomic E-state index is -0.844. The van der Waals surface area contributed by atoms with Gasteiger partial charge in [-0.1, -0.05) is 6.07 Å². The first-order valence-corrected chi connectivity index (χ1v) is 6.53. The van der Waals surface area contributed by atoms with Crippen molar-refractivity contribution in [3.8, 4) is 0 Å². The topological polar surface area (TPSA) is 55.1 Å². The van der Waals surface area contributed by atoms with Gasteiger partial charge >= 0.3 is 7.40 Å². The standard InChI is InChI=1S/C15H16N2O2.ClH/c18-15(19)14-4-3-12-7-11(1-2-13(12)8-14)9-17-6-5-16-10-17;/h3-6,8,10-11H,1-2,7,9H2,(H,18,19);1H. The van der Waals surface area contributed by atoms with Crippen LogP contribution in [-0.2, 0) is 19.4 Å². The molecule has 0 spiro atoms. The molecule has 5 heteroatoms. The number of halogens is 1. The zero-order valence-corrected chi connectivity index (χ0v) is 11.8. The zero-order valence-electron chi connectivity index (χ0n) is 12.0. The molecule has 0 bridgehead atoms. The van der Waals surface area contributed by atoms with Crippen molar-refractivity contribution < 1.29 is 23.7 Å². The van der Waals surface area contributed by atoms with E-state index in [1.165, 1.54) is 11.1 Å². The second-order valence-electron chi connectivity index (χ2n) is 5.16. The minimum Gasteiger partial charge on any atom is -1.00 e. The summed E-state index contributed by atoms with van der Waals surface area (Å²) >= 11 is 0. The molecule has 0 saturated heterocycles. The monoisotopic (exact) mass is 292 g/mol. The van der Waals surface area contributed by atoms with E-state index in [4.69, 9.17) is 5.11 Å². The smallest absolute Gasteiger partial charge is 1.00 e. The molecule has 1 aliphatic rings. The lowest BCUT2D eigenvalue weighted by molar-refractivity contribution is -0.0000195. The van der Waals surface area contributed by atoms with E-state index in [-0.39, 0.29) is 13.8 Å². The van der Waals surface area contributed by atoms with Gasteiger partial charge in [0.05, 0.1) is 11.9 Å². The molecule has 3 rings (SSSR count). The third kappa shape index (κ3) is 3.02. The number of nitrogens with zero attached hydrogens (tertiary/aromatic N) is 2. The highest BCUT2D eigenvalue weighted by molar-refractivity contribution is 5.87. The Morgan fingerprint density at radius 1 is 1.45 bits per heavy atom. The fourth-order valence-electron chi connectivity index (χ4n) is 2.81. The minimum absolute atomic E-state index is 0. The van der Waals surface area contributed by atoms with Gasteiger partial charge in [0.15, 0.2) is 0 Å². The molecule has 2 aromatic rings. The molecule has 20 heavy (non-hydrogen) atoms. The van der Waals surface area contributed by atoms with Crippen LogP contribution < -0.4 is 12.4 Å². The summed E-state index contributed by atoms with van der Waals surface area (Å²) in [6.07, 6.45) is 8.74. The Morgan fingerprint density at radius 2 is 2.30 bits per heavy atom. The van der Waals surface area contributed by atoms with Gasteiger partial charge in [0.1, 0.15) is 0 Å². The first-order chi connectivity index (χ1) is 9.22. The maximum Gasteiger partial charge on any atom is 1.00 e. The number of carbonyl (C=O) groups is 1. The molecule has 0 amide bonds. The normalized spacial score (nSPS) is 17.1. The molecular formula is C15H17ClN2O2. The Labute approximate surface area is 125 Å². The number of hydrogen-bond donors (Lipinski definition) is 1. The van der Waals surface area contributed by atoms with Gasteiger partial charge in [-0.15, -0.1) is 0 Å². The molecule has 0 saturated carbocycles. The van der Waals surface area contributed by atoms with E-state index in [0.717, 1.165) is 25.8 Å². The summed E-state index contributed by atoms with van der Waals surface area (Å²) in [5, 5.41) is 9.00. The van der Waals surface area contributed by atoms with Gasteiger partial charge in [-0.25, -0.2) is 9.78 Å². The average Bonchev–Trinajstić information content (AvgIpc) is 2.91. The van der Waals surface area contributed by atoms with Gasteiger partial charge in [0.2, 0.25) is 0 Å². The van der Waals surface area contributed by atoms with Crippen molar-refractivity contribution in [2.24, 2.45) is 5.92 Å². The summed E-state index contributed by atoms with van der Waals surface area (Å²) in [5.74, 6) is -0.235. The predicted molar refractivity (Wildman–Crippen MR) is 72.3 cm³/mol. The van der Waals surface area contributed by atoms with Gasteiger partial charge in [0.25, 0.3) is 0 Å². The van der Waals surface area contributed by atoms with Crippen molar-refractivity contribution in [3.63, 3.8) is 0 Å². The molecule has 1 aromatic heterocycles. The van der Waals surface area contributed by atoms with Crippen molar-refractivity contribution in [2.45, 2.75) is 25.8 Å². The van der Waals surface area contributed by atoms with E-state index in [0.29, 0.717) is 11.5 Å². The lowest BCUT2D eigenvalue weighted by atomic mass is 9.83. The summed E-state index contributed by atoms with van der Waals surface area (Å²) in [5.41, 5.74) is 2.88. The van der Waals surface area contributed by atoms with Crippen LogP contribution in [0.1, 0.15) is 29.3 Å². The Balaban J connectivity index is 0.00000110. The number of benzene rings is 1. The number of imidazole rings is 1. The first-order valence-electron chi connectivity index (χ1n) is 6.53. The van der Waals surface area contributed by atoms with Gasteiger partial charge in [-0.2, -0.15) is 0 Å². The van der Waals surface area contributed by atoms with E-state index >= 15 is 0 Å². The maximum absolute atomic E-state index is 11.0. The van der Waals surface area contributed by atoms with Crippen molar-refractivity contribution in [2.75, 3.05) is 0 Å². The van der Waals surface area contributed by atoms with Crippen LogP contribution >= 0.6 is 0 Å². The summed E-state index contributed by atoms with van der Waals surface area (Å²) in [4.78, 5) is 15.0. The van der Waals surface area contributed by atoms with Crippen LogP contribution in [0.15, 0.2) is 36.9 Å². The van der Waals surface area contributed by atoms with E-state index in [1.807, 2.05) is 24.7 Å². The Kier molecular flexibility index (Phi) is 4.45. The molecule has 0 fully saturated rings. The number of aromatic carboxylic acids is 1. The number of carboxylic acids is 1. The number of carboxylic acid groups (broad SMARTS) is 1. The number of rotatable bonds is 3. The van der Waals surface area contributed by atoms with Crippen LogP contribution in [0.25, 0.3) is 0 Å². The fraction of sp³-hybridized carbons (Fsp3) is 0.333. The van der Waals surface area contributed by atoms with Crippen LogP contribution in [0.2, 0.25) is 0 Å². The van der Waals surface area contributed by atoms with Gasteiger partial charge < -0.3 is 22.1 Å². The third-order valence-electron chi connectivity index (χ3n) is 3.81. The Hall–Kier alpha value is -1.81.